The van der Waals surface area contributed by atoms with Crippen LogP contribution in [0.15, 0.2) is 22.6 Å². The molecule has 0 atom stereocenters. The minimum atomic E-state index is 0.692. The lowest BCUT2D eigenvalue weighted by Gasteiger charge is -2.04. The van der Waals surface area contributed by atoms with Crippen molar-refractivity contribution in [2.45, 2.75) is 26.2 Å². The van der Waals surface area contributed by atoms with Crippen LogP contribution in [0.3, 0.4) is 0 Å². The molecule has 1 aromatic carbocycles. The topological polar surface area (TPSA) is 61.3 Å². The Balaban J connectivity index is 2.03. The quantitative estimate of drug-likeness (QED) is 0.780. The Morgan fingerprint density at radius 1 is 1.35 bits per heavy atom. The first-order valence-electron chi connectivity index (χ1n) is 6.06. The highest BCUT2D eigenvalue weighted by molar-refractivity contribution is 5.74. The smallest absolute Gasteiger partial charge is 0.195 e. The maximum absolute atomic E-state index is 5.62. The second-order valence-corrected chi connectivity index (χ2v) is 3.93. The van der Waals surface area contributed by atoms with Crippen LogP contribution in [0.25, 0.3) is 11.1 Å². The van der Waals surface area contributed by atoms with Gasteiger partial charge in [-0.3, -0.25) is 0 Å². The molecule has 2 rings (SSSR count). The van der Waals surface area contributed by atoms with Crippen molar-refractivity contribution in [2.24, 2.45) is 5.73 Å². The van der Waals surface area contributed by atoms with Crippen molar-refractivity contribution in [1.29, 1.82) is 0 Å². The fraction of sp³-hybridized carbons (Fsp3) is 0.462. The highest BCUT2D eigenvalue weighted by atomic mass is 16.5. The summed E-state index contributed by atoms with van der Waals surface area (Å²) in [6.45, 7) is 3.43. The number of rotatable bonds is 6. The second-order valence-electron chi connectivity index (χ2n) is 3.93. The molecule has 0 spiro atoms. The summed E-state index contributed by atoms with van der Waals surface area (Å²) in [6, 6.07) is 5.74. The van der Waals surface area contributed by atoms with Gasteiger partial charge < -0.3 is 14.9 Å². The normalized spacial score (nSPS) is 10.9. The lowest BCUT2D eigenvalue weighted by atomic mass is 10.3. The predicted octanol–water partition coefficient (Wildman–Crippen LogP) is 2.51. The van der Waals surface area contributed by atoms with E-state index in [9.17, 15) is 0 Å². The van der Waals surface area contributed by atoms with Gasteiger partial charge in [-0.2, -0.15) is 0 Å². The van der Waals surface area contributed by atoms with Gasteiger partial charge in [0.05, 0.1) is 6.61 Å². The molecule has 2 N–H and O–H groups in total. The van der Waals surface area contributed by atoms with Crippen LogP contribution < -0.4 is 10.5 Å². The summed E-state index contributed by atoms with van der Waals surface area (Å²) >= 11 is 0. The molecule has 2 aromatic rings. The summed E-state index contributed by atoms with van der Waals surface area (Å²) in [6.07, 6.45) is 2.77. The van der Waals surface area contributed by atoms with E-state index in [0.29, 0.717) is 13.2 Å². The number of nitrogens with zero attached hydrogens (tertiary/aromatic N) is 1. The van der Waals surface area contributed by atoms with Crippen LogP contribution in [0, 0.1) is 0 Å². The number of oxazole rings is 1. The molecule has 1 aromatic heterocycles. The standard InChI is InChI=1S/C13H18N2O2/c1-2-13-15-11-6-5-10(9-12(11)17-13)16-8-4-3-7-14/h5-6,9H,2-4,7-8,14H2,1H3. The zero-order valence-corrected chi connectivity index (χ0v) is 10.1. The van der Waals surface area contributed by atoms with E-state index in [2.05, 4.69) is 4.98 Å². The number of nitrogens with two attached hydrogens (primary N) is 1. The predicted molar refractivity (Wildman–Crippen MR) is 67.2 cm³/mol. The van der Waals surface area contributed by atoms with Crippen molar-refractivity contribution in [3.05, 3.63) is 24.1 Å². The summed E-state index contributed by atoms with van der Waals surface area (Å²) in [5, 5.41) is 0. The third-order valence-corrected chi connectivity index (χ3v) is 2.57. The van der Waals surface area contributed by atoms with E-state index >= 15 is 0 Å². The van der Waals surface area contributed by atoms with Gasteiger partial charge in [0.25, 0.3) is 0 Å². The minimum Gasteiger partial charge on any atom is -0.493 e. The highest BCUT2D eigenvalue weighted by Crippen LogP contribution is 2.22. The van der Waals surface area contributed by atoms with E-state index in [0.717, 1.165) is 42.0 Å². The number of hydrogen-bond acceptors (Lipinski definition) is 4. The maximum atomic E-state index is 5.62. The molecule has 0 fully saturated rings. The monoisotopic (exact) mass is 234 g/mol. The Morgan fingerprint density at radius 3 is 3.00 bits per heavy atom. The van der Waals surface area contributed by atoms with Gasteiger partial charge in [-0.1, -0.05) is 6.92 Å². The fourth-order valence-corrected chi connectivity index (χ4v) is 1.63. The fourth-order valence-electron chi connectivity index (χ4n) is 1.63. The molecule has 0 radical (unpaired) electrons. The summed E-state index contributed by atoms with van der Waals surface area (Å²) in [5.74, 6) is 1.59. The van der Waals surface area contributed by atoms with E-state index < -0.39 is 0 Å². The zero-order valence-electron chi connectivity index (χ0n) is 10.1. The molecule has 17 heavy (non-hydrogen) atoms. The molecule has 92 valence electrons. The maximum Gasteiger partial charge on any atom is 0.195 e. The molecule has 1 heterocycles. The van der Waals surface area contributed by atoms with Gasteiger partial charge in [-0.05, 0) is 31.5 Å². The Morgan fingerprint density at radius 2 is 2.24 bits per heavy atom. The average molecular weight is 234 g/mol. The molecular formula is C13H18N2O2. The number of unbranched alkanes of at least 4 members (excludes halogenated alkanes) is 1. The van der Waals surface area contributed by atoms with E-state index in [4.69, 9.17) is 14.9 Å². The van der Waals surface area contributed by atoms with Crippen LogP contribution >= 0.6 is 0 Å². The van der Waals surface area contributed by atoms with E-state index in [1.807, 2.05) is 25.1 Å². The largest absolute Gasteiger partial charge is 0.493 e. The van der Waals surface area contributed by atoms with Crippen LogP contribution in [-0.2, 0) is 6.42 Å². The lowest BCUT2D eigenvalue weighted by molar-refractivity contribution is 0.308. The Bertz CT molecular complexity index is 479. The number of benzene rings is 1. The summed E-state index contributed by atoms with van der Waals surface area (Å²) in [7, 11) is 0. The van der Waals surface area contributed by atoms with Crippen LogP contribution in [0.5, 0.6) is 5.75 Å². The van der Waals surface area contributed by atoms with E-state index in [1.54, 1.807) is 0 Å². The molecule has 0 amide bonds. The van der Waals surface area contributed by atoms with Gasteiger partial charge in [-0.15, -0.1) is 0 Å². The van der Waals surface area contributed by atoms with Crippen LogP contribution in [0.1, 0.15) is 25.7 Å². The average Bonchev–Trinajstić information content (AvgIpc) is 2.77. The summed E-state index contributed by atoms with van der Waals surface area (Å²) < 4.78 is 11.2. The van der Waals surface area contributed by atoms with Crippen LogP contribution in [-0.4, -0.2) is 18.1 Å². The van der Waals surface area contributed by atoms with Crippen molar-refractivity contribution < 1.29 is 9.15 Å². The highest BCUT2D eigenvalue weighted by Gasteiger charge is 2.05. The molecule has 0 unspecified atom stereocenters. The van der Waals surface area contributed by atoms with Crippen molar-refractivity contribution in [1.82, 2.24) is 4.98 Å². The summed E-state index contributed by atoms with van der Waals surface area (Å²) in [5.41, 5.74) is 7.10. The Kier molecular flexibility index (Phi) is 3.98. The second kappa shape index (κ2) is 5.68. The van der Waals surface area contributed by atoms with Gasteiger partial charge in [0.1, 0.15) is 11.3 Å². The molecule has 0 saturated heterocycles. The molecule has 0 aliphatic carbocycles. The van der Waals surface area contributed by atoms with E-state index in [1.165, 1.54) is 0 Å². The van der Waals surface area contributed by atoms with Gasteiger partial charge >= 0.3 is 0 Å². The van der Waals surface area contributed by atoms with E-state index in [-0.39, 0.29) is 0 Å². The molecule has 0 aliphatic heterocycles. The summed E-state index contributed by atoms with van der Waals surface area (Å²) in [4.78, 5) is 4.34. The lowest BCUT2D eigenvalue weighted by Crippen LogP contribution is -2.03. The number of hydrogen-bond donors (Lipinski definition) is 1. The number of aryl methyl sites for hydroxylation is 1. The molecule has 0 bridgehead atoms. The SMILES string of the molecule is CCc1nc2ccc(OCCCCN)cc2o1. The third kappa shape index (κ3) is 2.97. The Labute approximate surface area is 101 Å². The molecule has 0 saturated carbocycles. The van der Waals surface area contributed by atoms with Crippen LogP contribution in [0.2, 0.25) is 0 Å². The van der Waals surface area contributed by atoms with Gasteiger partial charge in [-0.25, -0.2) is 4.98 Å². The zero-order chi connectivity index (χ0) is 12.1. The molecule has 4 nitrogen and oxygen atoms in total. The third-order valence-electron chi connectivity index (χ3n) is 2.57. The van der Waals surface area contributed by atoms with Crippen LogP contribution in [0.4, 0.5) is 0 Å². The first kappa shape index (κ1) is 11.9. The van der Waals surface area contributed by atoms with Crippen molar-refractivity contribution in [3.63, 3.8) is 0 Å². The molecular weight excluding hydrogens is 216 g/mol. The Hall–Kier alpha value is -1.55. The molecule has 4 heteroatoms. The first-order valence-corrected chi connectivity index (χ1v) is 6.06. The number of ether oxygens (including phenoxy) is 1. The van der Waals surface area contributed by atoms with Crippen molar-refractivity contribution >= 4 is 11.1 Å². The van der Waals surface area contributed by atoms with Gasteiger partial charge in [0.2, 0.25) is 0 Å². The minimum absolute atomic E-state index is 0.692. The van der Waals surface area contributed by atoms with Gasteiger partial charge in [0.15, 0.2) is 11.5 Å². The number of fused-ring (bicyclic) bond motifs is 1. The van der Waals surface area contributed by atoms with Crippen molar-refractivity contribution in [2.75, 3.05) is 13.2 Å². The first-order chi connectivity index (χ1) is 8.33. The van der Waals surface area contributed by atoms with Crippen molar-refractivity contribution in [3.8, 4) is 5.75 Å². The van der Waals surface area contributed by atoms with Gasteiger partial charge in [0, 0.05) is 12.5 Å². The molecule has 0 aliphatic rings. The number of aromatic nitrogens is 1.